The molecule has 2 heterocycles. The van der Waals surface area contributed by atoms with Gasteiger partial charge in [-0.3, -0.25) is 24.0 Å². The van der Waals surface area contributed by atoms with Crippen LogP contribution in [0.1, 0.15) is 132 Å². The van der Waals surface area contributed by atoms with Gasteiger partial charge in [-0.2, -0.15) is 0 Å². The maximum absolute atomic E-state index is 15.1. The average Bonchev–Trinajstić information content (AvgIpc) is 3.24. The minimum absolute atomic E-state index is 0.286. The number of fused-ring (bicyclic) bond motifs is 9. The van der Waals surface area contributed by atoms with E-state index in [4.69, 9.17) is 0 Å². The summed E-state index contributed by atoms with van der Waals surface area (Å²) in [6, 6.07) is 22.7. The maximum atomic E-state index is 15.1. The van der Waals surface area contributed by atoms with E-state index in [9.17, 15) is 14.4 Å². The molecule has 6 rings (SSSR count). The van der Waals surface area contributed by atoms with E-state index in [1.54, 1.807) is 79.1 Å². The average molecular weight is 785 g/mol. The Hall–Kier alpha value is -5.97. The zero-order chi connectivity index (χ0) is 41.5. The van der Waals surface area contributed by atoms with Crippen molar-refractivity contribution in [2.45, 2.75) is 80.1 Å². The molecule has 0 fully saturated rings. The Morgan fingerprint density at radius 1 is 0.362 bits per heavy atom. The van der Waals surface area contributed by atoms with Crippen LogP contribution in [0.15, 0.2) is 78.9 Å². The van der Waals surface area contributed by atoms with Crippen LogP contribution < -0.4 is 29.8 Å². The van der Waals surface area contributed by atoms with Gasteiger partial charge in [-0.05, 0) is 111 Å². The summed E-state index contributed by atoms with van der Waals surface area (Å²) in [4.78, 5) is 82.7. The molecule has 0 aliphatic carbocycles. The second-order valence-corrected chi connectivity index (χ2v) is 15.0. The maximum Gasteiger partial charge on any atom is 0.258 e. The Labute approximate surface area is 342 Å². The lowest BCUT2D eigenvalue weighted by Gasteiger charge is -2.29. The third kappa shape index (κ3) is 8.49. The summed E-state index contributed by atoms with van der Waals surface area (Å²) in [6.07, 6.45) is 3.91. The highest BCUT2D eigenvalue weighted by Crippen LogP contribution is 2.35. The summed E-state index contributed by atoms with van der Waals surface area (Å²) in [5.74, 6) is -1.64. The zero-order valence-corrected chi connectivity index (χ0v) is 34.8. The molecule has 0 atom stereocenters. The Morgan fingerprint density at radius 2 is 0.672 bits per heavy atom. The highest BCUT2D eigenvalue weighted by atomic mass is 16.2. The molecule has 5 amide bonds. The largest absolute Gasteiger partial charge is 0.385 e. The van der Waals surface area contributed by atoms with Crippen molar-refractivity contribution in [1.29, 1.82) is 0 Å². The van der Waals surface area contributed by atoms with Crippen LogP contribution in [0.5, 0.6) is 0 Å². The molecule has 0 unspecified atom stereocenters. The number of carbonyl (C=O) groups is 5. The van der Waals surface area contributed by atoms with Gasteiger partial charge in [-0.25, -0.2) is 0 Å². The molecule has 0 aromatic heterocycles. The molecule has 0 saturated heterocycles. The molecule has 2 aliphatic rings. The number of nitrogens with zero attached hydrogens (tertiary/aromatic N) is 5. The lowest BCUT2D eigenvalue weighted by molar-refractivity contribution is 0.0973. The SMILES string of the molecule is CCCNc1cc2cc(c1)N(CCC)C(=O)c1cc3cc(c1)N(CCC)C(=O)c1cc(cc(c1)N(CCC)C2=O)N(CCC)C(=O)c1cccc(c1)C(=O)N3CCC. The van der Waals surface area contributed by atoms with Crippen molar-refractivity contribution in [3.8, 4) is 0 Å². The fourth-order valence-electron chi connectivity index (χ4n) is 7.74. The molecular weight excluding hydrogens is 729 g/mol. The summed E-state index contributed by atoms with van der Waals surface area (Å²) in [5.41, 5.74) is 4.70. The van der Waals surface area contributed by atoms with Gasteiger partial charge in [0.05, 0.1) is 0 Å². The second-order valence-electron chi connectivity index (χ2n) is 15.0. The van der Waals surface area contributed by atoms with Crippen LogP contribution in [-0.4, -0.2) is 68.8 Å². The number of hydrogen-bond donors (Lipinski definition) is 1. The molecule has 304 valence electrons. The quantitative estimate of drug-likeness (QED) is 0.145. The number of carbonyl (C=O) groups excluding carboxylic acids is 5. The van der Waals surface area contributed by atoms with E-state index < -0.39 is 0 Å². The van der Waals surface area contributed by atoms with E-state index in [0.29, 0.717) is 128 Å². The molecule has 4 aromatic carbocycles. The molecule has 2 aliphatic heterocycles. The first-order chi connectivity index (χ1) is 28.1. The van der Waals surface area contributed by atoms with Gasteiger partial charge in [0.1, 0.15) is 0 Å². The normalized spacial score (nSPS) is 14.5. The number of benzene rings is 4. The van der Waals surface area contributed by atoms with Gasteiger partial charge in [0.2, 0.25) is 0 Å². The highest BCUT2D eigenvalue weighted by Gasteiger charge is 2.31. The third-order valence-corrected chi connectivity index (χ3v) is 10.4. The second kappa shape index (κ2) is 18.5. The van der Waals surface area contributed by atoms with E-state index >= 15 is 9.59 Å². The predicted octanol–water partition coefficient (Wildman–Crippen LogP) is 9.42. The predicted molar refractivity (Wildman–Crippen MR) is 234 cm³/mol. The van der Waals surface area contributed by atoms with Crippen LogP contribution >= 0.6 is 0 Å². The first-order valence-electron chi connectivity index (χ1n) is 21.0. The molecule has 58 heavy (non-hydrogen) atoms. The molecule has 11 nitrogen and oxygen atoms in total. The molecule has 4 aromatic rings. The fraction of sp³-hybridized carbons (Fsp3) is 0.383. The van der Waals surface area contributed by atoms with Crippen molar-refractivity contribution in [1.82, 2.24) is 0 Å². The van der Waals surface area contributed by atoms with Crippen LogP contribution in [0.2, 0.25) is 0 Å². The van der Waals surface area contributed by atoms with Crippen LogP contribution in [0, 0.1) is 0 Å². The Kier molecular flexibility index (Phi) is 13.3. The first kappa shape index (κ1) is 41.7. The molecule has 0 spiro atoms. The lowest BCUT2D eigenvalue weighted by Crippen LogP contribution is -2.35. The molecule has 0 radical (unpaired) electrons. The first-order valence-corrected chi connectivity index (χ1v) is 21.0. The van der Waals surface area contributed by atoms with Gasteiger partial charge in [0.25, 0.3) is 29.5 Å². The number of nitrogens with one attached hydrogen (secondary N) is 1. The van der Waals surface area contributed by atoms with Gasteiger partial charge in [-0.15, -0.1) is 0 Å². The minimum Gasteiger partial charge on any atom is -0.385 e. The van der Waals surface area contributed by atoms with Crippen LogP contribution in [0.4, 0.5) is 34.1 Å². The molecule has 11 heteroatoms. The van der Waals surface area contributed by atoms with E-state index in [2.05, 4.69) is 12.2 Å². The van der Waals surface area contributed by atoms with Gasteiger partial charge in [-0.1, -0.05) is 47.6 Å². The van der Waals surface area contributed by atoms with Crippen LogP contribution in [-0.2, 0) is 0 Å². The van der Waals surface area contributed by atoms with Crippen molar-refractivity contribution in [2.24, 2.45) is 0 Å². The summed E-state index contributed by atoms with van der Waals surface area (Å²) in [5, 5.41) is 3.44. The third-order valence-electron chi connectivity index (χ3n) is 10.4. The molecule has 10 bridgehead atoms. The molecular formula is C47H56N6O5. The van der Waals surface area contributed by atoms with Gasteiger partial charge >= 0.3 is 0 Å². The van der Waals surface area contributed by atoms with Crippen LogP contribution in [0.3, 0.4) is 0 Å². The van der Waals surface area contributed by atoms with Crippen molar-refractivity contribution in [3.63, 3.8) is 0 Å². The number of rotatable bonds is 13. The number of hydrogen-bond acceptors (Lipinski definition) is 6. The highest BCUT2D eigenvalue weighted by molar-refractivity contribution is 6.16. The summed E-state index contributed by atoms with van der Waals surface area (Å²) in [6.45, 7) is 14.3. The summed E-state index contributed by atoms with van der Waals surface area (Å²) < 4.78 is 0. The Morgan fingerprint density at radius 3 is 1.00 bits per heavy atom. The van der Waals surface area contributed by atoms with E-state index in [1.165, 1.54) is 0 Å². The smallest absolute Gasteiger partial charge is 0.258 e. The van der Waals surface area contributed by atoms with Crippen molar-refractivity contribution < 1.29 is 24.0 Å². The monoisotopic (exact) mass is 784 g/mol. The van der Waals surface area contributed by atoms with Gasteiger partial charge in [0, 0.05) is 101 Å². The Balaban J connectivity index is 1.78. The minimum atomic E-state index is -0.357. The van der Waals surface area contributed by atoms with Gasteiger partial charge in [0.15, 0.2) is 0 Å². The number of anilines is 6. The van der Waals surface area contributed by atoms with E-state index in [1.807, 2.05) is 58.9 Å². The van der Waals surface area contributed by atoms with Crippen LogP contribution in [0.25, 0.3) is 0 Å². The summed E-state index contributed by atoms with van der Waals surface area (Å²) >= 11 is 0. The molecule has 1 N–H and O–H groups in total. The topological polar surface area (TPSA) is 114 Å². The lowest BCUT2D eigenvalue weighted by atomic mass is 10.0. The standard InChI is InChI=1S/C47H56N6O5/c1-7-16-48-37-23-34-24-38(29-37)49(17-8-2)46(57)35-25-39-31-42(27-35)53(21-12-6)47(58)36-26-40(30-41(28-36)52(20-11-5)45(34)56)51(19-10-4)44(55)33-15-13-14-32(22-33)43(54)50(39)18-9-3/h13-15,22-31,48H,7-12,16-21H2,1-6H3. The van der Waals surface area contributed by atoms with Crippen molar-refractivity contribution >= 4 is 63.7 Å². The fourth-order valence-corrected chi connectivity index (χ4v) is 7.74. The summed E-state index contributed by atoms with van der Waals surface area (Å²) in [7, 11) is 0. The van der Waals surface area contributed by atoms with Crippen molar-refractivity contribution in [3.05, 3.63) is 107 Å². The zero-order valence-electron chi connectivity index (χ0n) is 34.8. The van der Waals surface area contributed by atoms with Crippen molar-refractivity contribution in [2.75, 3.05) is 69.1 Å². The van der Waals surface area contributed by atoms with E-state index in [-0.39, 0.29) is 35.1 Å². The molecule has 0 saturated carbocycles. The van der Waals surface area contributed by atoms with E-state index in [0.717, 1.165) is 6.42 Å². The number of amides is 5. The Bertz CT molecular complexity index is 2190. The van der Waals surface area contributed by atoms with Gasteiger partial charge < -0.3 is 29.8 Å².